The molecule has 1 aliphatic heterocycles. The summed E-state index contributed by atoms with van der Waals surface area (Å²) in [5.41, 5.74) is 6.50. The van der Waals surface area contributed by atoms with Gasteiger partial charge in [0.25, 0.3) is 5.91 Å². The number of rotatable bonds is 2. The second-order valence-electron chi connectivity index (χ2n) is 5.06. The Balaban J connectivity index is 1.91. The van der Waals surface area contributed by atoms with E-state index in [1.54, 1.807) is 17.2 Å². The summed E-state index contributed by atoms with van der Waals surface area (Å²) >= 11 is 1.24. The van der Waals surface area contributed by atoms with E-state index >= 15 is 0 Å². The first kappa shape index (κ1) is 14.2. The molecule has 3 rings (SSSR count). The van der Waals surface area contributed by atoms with Crippen molar-refractivity contribution in [3.05, 3.63) is 17.1 Å². The number of anilines is 1. The molecule has 3 heterocycles. The molecule has 1 saturated heterocycles. The van der Waals surface area contributed by atoms with Crippen LogP contribution in [0.1, 0.15) is 16.6 Å². The van der Waals surface area contributed by atoms with E-state index in [9.17, 15) is 9.90 Å². The van der Waals surface area contributed by atoms with Gasteiger partial charge in [0, 0.05) is 18.5 Å². The summed E-state index contributed by atoms with van der Waals surface area (Å²) in [5, 5.41) is 17.8. The maximum atomic E-state index is 12.7. The van der Waals surface area contributed by atoms with Crippen molar-refractivity contribution in [2.24, 2.45) is 0 Å². The molecule has 3 N–H and O–H groups in total. The van der Waals surface area contributed by atoms with Crippen LogP contribution in [0.2, 0.25) is 0 Å². The minimum atomic E-state index is -0.354. The molecule has 2 unspecified atom stereocenters. The molecule has 0 aromatic carbocycles. The monoisotopic (exact) mass is 308 g/mol. The summed E-state index contributed by atoms with van der Waals surface area (Å²) in [6.07, 6.45) is 1.08. The van der Waals surface area contributed by atoms with Crippen molar-refractivity contribution in [1.29, 1.82) is 0 Å². The Bertz CT molecular complexity index is 674. The number of hydrogen-bond acceptors (Lipinski definition) is 7. The van der Waals surface area contributed by atoms with Gasteiger partial charge < -0.3 is 20.5 Å². The first-order chi connectivity index (χ1) is 10.1. The fourth-order valence-electron chi connectivity index (χ4n) is 2.49. The van der Waals surface area contributed by atoms with Crippen LogP contribution in [0.15, 0.2) is 12.3 Å². The minimum absolute atomic E-state index is 0.110. The lowest BCUT2D eigenvalue weighted by molar-refractivity contribution is -0.0857. The van der Waals surface area contributed by atoms with E-state index < -0.39 is 0 Å². The van der Waals surface area contributed by atoms with E-state index in [-0.39, 0.29) is 24.7 Å². The van der Waals surface area contributed by atoms with Crippen LogP contribution in [-0.2, 0) is 4.74 Å². The van der Waals surface area contributed by atoms with Gasteiger partial charge in [0.2, 0.25) is 0 Å². The number of fused-ring (bicyclic) bond motifs is 1. The number of carbonyl (C=O) groups is 1. The smallest absolute Gasteiger partial charge is 0.266 e. The number of aliphatic hydroxyl groups is 1. The Kier molecular flexibility index (Phi) is 3.75. The van der Waals surface area contributed by atoms with E-state index in [0.29, 0.717) is 28.5 Å². The van der Waals surface area contributed by atoms with Crippen molar-refractivity contribution in [3.63, 3.8) is 0 Å². The Morgan fingerprint density at radius 1 is 1.62 bits per heavy atom. The molecule has 1 fully saturated rings. The molecule has 0 bridgehead atoms. The number of aromatic nitrogens is 2. The summed E-state index contributed by atoms with van der Waals surface area (Å²) in [6.45, 7) is 2.61. The zero-order valence-electron chi connectivity index (χ0n) is 11.5. The predicted molar refractivity (Wildman–Crippen MR) is 79.2 cm³/mol. The highest BCUT2D eigenvalue weighted by Gasteiger charge is 2.30. The number of ether oxygens (including phenoxy) is 1. The van der Waals surface area contributed by atoms with E-state index in [1.807, 2.05) is 6.92 Å². The highest BCUT2D eigenvalue weighted by atomic mass is 32.1. The van der Waals surface area contributed by atoms with Gasteiger partial charge in [-0.15, -0.1) is 16.4 Å². The summed E-state index contributed by atoms with van der Waals surface area (Å²) in [5.74, 6) is -0.149. The standard InChI is InChI=1S/C13H16N4O3S/c1-7-4-17(5-8(6-18)20-7)13(19)11-10(14)9-2-3-15-16-12(9)21-11/h2-3,7-8,18H,4-6,14H2,1H3. The normalized spacial score (nSPS) is 22.7. The highest BCUT2D eigenvalue weighted by Crippen LogP contribution is 2.33. The van der Waals surface area contributed by atoms with Crippen molar-refractivity contribution in [3.8, 4) is 0 Å². The number of nitrogens with zero attached hydrogens (tertiary/aromatic N) is 3. The van der Waals surface area contributed by atoms with Crippen molar-refractivity contribution >= 4 is 33.1 Å². The molecule has 2 aromatic heterocycles. The van der Waals surface area contributed by atoms with Gasteiger partial charge >= 0.3 is 0 Å². The Morgan fingerprint density at radius 3 is 3.14 bits per heavy atom. The largest absolute Gasteiger partial charge is 0.397 e. The zero-order valence-corrected chi connectivity index (χ0v) is 12.3. The van der Waals surface area contributed by atoms with Crippen molar-refractivity contribution in [1.82, 2.24) is 15.1 Å². The Labute approximate surface area is 125 Å². The average Bonchev–Trinajstić information content (AvgIpc) is 2.83. The average molecular weight is 308 g/mol. The van der Waals surface area contributed by atoms with Crippen LogP contribution in [0, 0.1) is 0 Å². The fraction of sp³-hybridized carbons (Fsp3) is 0.462. The molecule has 21 heavy (non-hydrogen) atoms. The molecule has 0 radical (unpaired) electrons. The molecule has 2 aromatic rings. The fourth-order valence-corrected chi connectivity index (χ4v) is 3.49. The first-order valence-electron chi connectivity index (χ1n) is 6.65. The number of nitrogen functional groups attached to an aromatic ring is 1. The molecule has 0 saturated carbocycles. The number of nitrogens with two attached hydrogens (primary N) is 1. The Hall–Kier alpha value is -1.77. The number of amides is 1. The van der Waals surface area contributed by atoms with Crippen molar-refractivity contribution in [2.75, 3.05) is 25.4 Å². The van der Waals surface area contributed by atoms with Gasteiger partial charge in [0.1, 0.15) is 9.71 Å². The minimum Gasteiger partial charge on any atom is -0.397 e. The first-order valence-corrected chi connectivity index (χ1v) is 7.47. The molecule has 112 valence electrons. The number of aliphatic hydroxyl groups excluding tert-OH is 1. The molecule has 1 amide bonds. The van der Waals surface area contributed by atoms with Gasteiger partial charge in [-0.1, -0.05) is 0 Å². The third-order valence-corrected chi connectivity index (χ3v) is 4.53. The predicted octanol–water partition coefficient (Wildman–Crippen LogP) is 0.495. The van der Waals surface area contributed by atoms with Crippen LogP contribution >= 0.6 is 11.3 Å². The maximum absolute atomic E-state index is 12.7. The second kappa shape index (κ2) is 5.55. The quantitative estimate of drug-likeness (QED) is 0.837. The summed E-state index contributed by atoms with van der Waals surface area (Å²) < 4.78 is 5.55. The van der Waals surface area contributed by atoms with Gasteiger partial charge in [-0.3, -0.25) is 4.79 Å². The zero-order chi connectivity index (χ0) is 15.0. The van der Waals surface area contributed by atoms with Gasteiger partial charge in [-0.2, -0.15) is 5.10 Å². The molecule has 7 nitrogen and oxygen atoms in total. The van der Waals surface area contributed by atoms with E-state index in [2.05, 4.69) is 10.2 Å². The molecular formula is C13H16N4O3S. The van der Waals surface area contributed by atoms with Crippen LogP contribution in [0.5, 0.6) is 0 Å². The van der Waals surface area contributed by atoms with Gasteiger partial charge in [-0.05, 0) is 13.0 Å². The van der Waals surface area contributed by atoms with Gasteiger partial charge in [-0.25, -0.2) is 0 Å². The van der Waals surface area contributed by atoms with Crippen LogP contribution < -0.4 is 5.73 Å². The summed E-state index contributed by atoms with van der Waals surface area (Å²) in [6, 6.07) is 1.75. The van der Waals surface area contributed by atoms with Crippen LogP contribution in [0.3, 0.4) is 0 Å². The van der Waals surface area contributed by atoms with E-state index in [1.165, 1.54) is 11.3 Å². The molecule has 1 aliphatic rings. The van der Waals surface area contributed by atoms with Crippen molar-refractivity contribution in [2.45, 2.75) is 19.1 Å². The van der Waals surface area contributed by atoms with Crippen LogP contribution in [0.4, 0.5) is 5.69 Å². The summed E-state index contributed by atoms with van der Waals surface area (Å²) in [4.78, 5) is 15.5. The third-order valence-electron chi connectivity index (χ3n) is 3.43. The number of thiophene rings is 1. The van der Waals surface area contributed by atoms with E-state index in [0.717, 1.165) is 5.39 Å². The SMILES string of the molecule is CC1CN(C(=O)c2sc3nnccc3c2N)CC(CO)O1. The van der Waals surface area contributed by atoms with Crippen LogP contribution in [0.25, 0.3) is 10.2 Å². The lowest BCUT2D eigenvalue weighted by Gasteiger charge is -2.35. The third kappa shape index (κ3) is 2.57. The lowest BCUT2D eigenvalue weighted by Crippen LogP contribution is -2.50. The summed E-state index contributed by atoms with van der Waals surface area (Å²) in [7, 11) is 0. The Morgan fingerprint density at radius 2 is 2.43 bits per heavy atom. The second-order valence-corrected chi connectivity index (χ2v) is 6.06. The highest BCUT2D eigenvalue weighted by molar-refractivity contribution is 7.21. The maximum Gasteiger partial charge on any atom is 0.266 e. The number of hydrogen-bond donors (Lipinski definition) is 2. The van der Waals surface area contributed by atoms with Crippen molar-refractivity contribution < 1.29 is 14.6 Å². The van der Waals surface area contributed by atoms with Gasteiger partial charge in [0.05, 0.1) is 30.7 Å². The topological polar surface area (TPSA) is 102 Å². The lowest BCUT2D eigenvalue weighted by atomic mass is 10.2. The molecule has 0 aliphatic carbocycles. The molecule has 0 spiro atoms. The van der Waals surface area contributed by atoms with Gasteiger partial charge in [0.15, 0.2) is 0 Å². The molecule has 8 heteroatoms. The van der Waals surface area contributed by atoms with E-state index in [4.69, 9.17) is 10.5 Å². The van der Waals surface area contributed by atoms with Crippen LogP contribution in [-0.4, -0.2) is 58.0 Å². The molecular weight excluding hydrogens is 292 g/mol. The molecule has 2 atom stereocenters. The number of carbonyl (C=O) groups excluding carboxylic acids is 1. The number of morpholine rings is 1.